The van der Waals surface area contributed by atoms with Gasteiger partial charge in [-0.1, -0.05) is 13.8 Å². The number of aromatic nitrogens is 1. The number of nitrogens with zero attached hydrogens (tertiary/aromatic N) is 1. The number of hydrogen-bond acceptors (Lipinski definition) is 4. The molecule has 1 unspecified atom stereocenters. The second kappa shape index (κ2) is 6.59. The van der Waals surface area contributed by atoms with Gasteiger partial charge in [-0.05, 0) is 61.3 Å². The number of benzene rings is 1. The minimum atomic E-state index is -3.58. The first-order chi connectivity index (χ1) is 12.3. The van der Waals surface area contributed by atoms with Crippen LogP contribution in [0, 0.1) is 5.92 Å². The summed E-state index contributed by atoms with van der Waals surface area (Å²) < 4.78 is 29.3. The van der Waals surface area contributed by atoms with Gasteiger partial charge in [-0.15, -0.1) is 0 Å². The molecule has 2 aliphatic carbocycles. The summed E-state index contributed by atoms with van der Waals surface area (Å²) in [5.41, 5.74) is 9.17. The Balaban J connectivity index is 1.92. The van der Waals surface area contributed by atoms with Crippen molar-refractivity contribution in [3.8, 4) is 0 Å². The fourth-order valence-electron chi connectivity index (χ4n) is 3.81. The lowest BCUT2D eigenvalue weighted by Gasteiger charge is -2.25. The van der Waals surface area contributed by atoms with Crippen molar-refractivity contribution in [3.05, 3.63) is 35.2 Å². The van der Waals surface area contributed by atoms with E-state index >= 15 is 0 Å². The zero-order valence-corrected chi connectivity index (χ0v) is 16.3. The maximum Gasteiger partial charge on any atom is 0.241 e. The summed E-state index contributed by atoms with van der Waals surface area (Å²) in [7, 11) is -3.58. The van der Waals surface area contributed by atoms with Crippen LogP contribution in [-0.4, -0.2) is 26.0 Å². The summed E-state index contributed by atoms with van der Waals surface area (Å²) in [5.74, 6) is 0.746. The summed E-state index contributed by atoms with van der Waals surface area (Å²) >= 11 is 0. The molecule has 6 heteroatoms. The first-order valence-electron chi connectivity index (χ1n) is 9.55. The standard InChI is InChI=1S/C20H27N3O2S/c1-12(2)10-23-26(24,25)20-17-6-5-16(21)8-14(17)7-15-11-22-19(9-18(15)20)13-3-4-13/h7,9,11-13,16,23H,3-6,8,10,21H2,1-2H3. The molecule has 140 valence electrons. The SMILES string of the molecule is CC(C)CNS(=O)(=O)c1c2c(cc3cnc(C4CC4)cc13)CC(N)CC2. The van der Waals surface area contributed by atoms with Crippen molar-refractivity contribution in [1.82, 2.24) is 9.71 Å². The van der Waals surface area contributed by atoms with Gasteiger partial charge in [-0.25, -0.2) is 13.1 Å². The molecular weight excluding hydrogens is 346 g/mol. The van der Waals surface area contributed by atoms with Gasteiger partial charge >= 0.3 is 0 Å². The van der Waals surface area contributed by atoms with E-state index in [1.807, 2.05) is 26.1 Å². The second-order valence-electron chi connectivity index (χ2n) is 8.20. The molecule has 1 aromatic carbocycles. The number of nitrogens with two attached hydrogens (primary N) is 1. The third-order valence-electron chi connectivity index (χ3n) is 5.39. The highest BCUT2D eigenvalue weighted by Gasteiger charge is 2.30. The quantitative estimate of drug-likeness (QED) is 0.844. The van der Waals surface area contributed by atoms with Crippen LogP contribution >= 0.6 is 0 Å². The molecule has 1 aromatic heterocycles. The van der Waals surface area contributed by atoms with Crippen LogP contribution in [0.1, 0.15) is 55.8 Å². The van der Waals surface area contributed by atoms with E-state index in [4.69, 9.17) is 5.73 Å². The molecule has 5 nitrogen and oxygen atoms in total. The normalized spacial score (nSPS) is 20.5. The Bertz CT molecular complexity index is 949. The third-order valence-corrected chi connectivity index (χ3v) is 6.94. The Morgan fingerprint density at radius 1 is 1.27 bits per heavy atom. The summed E-state index contributed by atoms with van der Waals surface area (Å²) in [5, 5.41) is 1.71. The lowest BCUT2D eigenvalue weighted by molar-refractivity contribution is 0.550. The van der Waals surface area contributed by atoms with Crippen LogP contribution < -0.4 is 10.5 Å². The van der Waals surface area contributed by atoms with E-state index in [1.54, 1.807) is 0 Å². The molecule has 2 aromatic rings. The first-order valence-corrected chi connectivity index (χ1v) is 11.0. The molecule has 26 heavy (non-hydrogen) atoms. The van der Waals surface area contributed by atoms with Crippen molar-refractivity contribution in [2.75, 3.05) is 6.54 Å². The average molecular weight is 374 g/mol. The maximum atomic E-state index is 13.2. The highest BCUT2D eigenvalue weighted by molar-refractivity contribution is 7.89. The highest BCUT2D eigenvalue weighted by Crippen LogP contribution is 2.41. The molecule has 1 fully saturated rings. The van der Waals surface area contributed by atoms with Crippen LogP contribution in [0.2, 0.25) is 0 Å². The van der Waals surface area contributed by atoms with Crippen LogP contribution in [-0.2, 0) is 22.9 Å². The molecule has 3 N–H and O–H groups in total. The summed E-state index contributed by atoms with van der Waals surface area (Å²) in [4.78, 5) is 5.05. The van der Waals surface area contributed by atoms with Crippen LogP contribution in [0.15, 0.2) is 23.2 Å². The Labute approximate surface area is 155 Å². The molecule has 2 aliphatic rings. The summed E-state index contributed by atoms with van der Waals surface area (Å²) in [6.45, 7) is 4.46. The molecule has 1 saturated carbocycles. The molecule has 0 amide bonds. The number of hydrogen-bond donors (Lipinski definition) is 2. The van der Waals surface area contributed by atoms with E-state index < -0.39 is 10.0 Å². The second-order valence-corrected chi connectivity index (χ2v) is 9.90. The highest BCUT2D eigenvalue weighted by atomic mass is 32.2. The van der Waals surface area contributed by atoms with Gasteiger partial charge in [0.1, 0.15) is 0 Å². The summed E-state index contributed by atoms with van der Waals surface area (Å²) in [6, 6.07) is 4.19. The molecule has 0 aliphatic heterocycles. The van der Waals surface area contributed by atoms with Gasteiger partial charge in [-0.2, -0.15) is 0 Å². The lowest BCUT2D eigenvalue weighted by Crippen LogP contribution is -2.32. The molecule has 0 bridgehead atoms. The summed E-state index contributed by atoms with van der Waals surface area (Å²) in [6.07, 6.45) is 6.39. The lowest BCUT2D eigenvalue weighted by atomic mass is 9.87. The molecule has 1 heterocycles. The van der Waals surface area contributed by atoms with Crippen LogP contribution in [0.25, 0.3) is 10.8 Å². The van der Waals surface area contributed by atoms with E-state index in [-0.39, 0.29) is 12.0 Å². The number of sulfonamides is 1. The Morgan fingerprint density at radius 2 is 2.04 bits per heavy atom. The molecule has 0 spiro atoms. The van der Waals surface area contributed by atoms with E-state index in [0.717, 1.165) is 53.3 Å². The Morgan fingerprint density at radius 3 is 2.73 bits per heavy atom. The average Bonchev–Trinajstić information content (AvgIpc) is 3.42. The van der Waals surface area contributed by atoms with Crippen molar-refractivity contribution >= 4 is 20.8 Å². The first kappa shape index (κ1) is 17.9. The predicted molar refractivity (Wildman–Crippen MR) is 104 cm³/mol. The van der Waals surface area contributed by atoms with E-state index in [1.165, 1.54) is 0 Å². The molecule has 0 radical (unpaired) electrons. The fourth-order valence-corrected chi connectivity index (χ4v) is 5.53. The van der Waals surface area contributed by atoms with Gasteiger partial charge < -0.3 is 5.73 Å². The van der Waals surface area contributed by atoms with Crippen LogP contribution in [0.3, 0.4) is 0 Å². The van der Waals surface area contributed by atoms with E-state index in [9.17, 15) is 8.42 Å². The topological polar surface area (TPSA) is 85.1 Å². The van der Waals surface area contributed by atoms with Crippen LogP contribution in [0.4, 0.5) is 0 Å². The molecule has 0 saturated heterocycles. The monoisotopic (exact) mass is 373 g/mol. The predicted octanol–water partition coefficient (Wildman–Crippen LogP) is 2.86. The Hall–Kier alpha value is -1.50. The number of pyridine rings is 1. The minimum Gasteiger partial charge on any atom is -0.327 e. The molecular formula is C20H27N3O2S. The van der Waals surface area contributed by atoms with Crippen molar-refractivity contribution < 1.29 is 8.42 Å². The van der Waals surface area contributed by atoms with E-state index in [2.05, 4.69) is 15.8 Å². The third kappa shape index (κ3) is 3.38. The number of nitrogens with one attached hydrogen (secondary N) is 1. The van der Waals surface area contributed by atoms with Crippen molar-refractivity contribution in [1.29, 1.82) is 0 Å². The number of rotatable bonds is 5. The smallest absolute Gasteiger partial charge is 0.241 e. The van der Waals surface area contributed by atoms with Crippen molar-refractivity contribution in [3.63, 3.8) is 0 Å². The van der Waals surface area contributed by atoms with Gasteiger partial charge in [-0.3, -0.25) is 4.98 Å². The zero-order valence-electron chi connectivity index (χ0n) is 15.5. The minimum absolute atomic E-state index is 0.0952. The van der Waals surface area contributed by atoms with Gasteiger partial charge in [0.15, 0.2) is 0 Å². The van der Waals surface area contributed by atoms with Crippen molar-refractivity contribution in [2.45, 2.75) is 62.8 Å². The maximum absolute atomic E-state index is 13.2. The van der Waals surface area contributed by atoms with Gasteiger partial charge in [0, 0.05) is 41.2 Å². The zero-order chi connectivity index (χ0) is 18.5. The Kier molecular flexibility index (Phi) is 4.53. The largest absolute Gasteiger partial charge is 0.327 e. The van der Waals surface area contributed by atoms with Crippen LogP contribution in [0.5, 0.6) is 0 Å². The van der Waals surface area contributed by atoms with Gasteiger partial charge in [0.2, 0.25) is 10.0 Å². The van der Waals surface area contributed by atoms with Crippen molar-refractivity contribution in [2.24, 2.45) is 11.7 Å². The number of fused-ring (bicyclic) bond motifs is 2. The van der Waals surface area contributed by atoms with Gasteiger partial charge in [0.05, 0.1) is 4.90 Å². The fraction of sp³-hybridized carbons (Fsp3) is 0.550. The van der Waals surface area contributed by atoms with Gasteiger partial charge in [0.25, 0.3) is 0 Å². The molecule has 4 rings (SSSR count). The van der Waals surface area contributed by atoms with E-state index in [0.29, 0.717) is 23.8 Å². The molecule has 1 atom stereocenters.